The lowest BCUT2D eigenvalue weighted by molar-refractivity contribution is 0.0701. The minimum Gasteiger partial charge on any atom is -0.477 e. The van der Waals surface area contributed by atoms with Crippen LogP contribution in [0.3, 0.4) is 0 Å². The van der Waals surface area contributed by atoms with Crippen molar-refractivity contribution in [2.45, 2.75) is 10.6 Å². The zero-order valence-electron chi connectivity index (χ0n) is 8.72. The van der Waals surface area contributed by atoms with Gasteiger partial charge in [-0.1, -0.05) is 12.1 Å². The molecule has 0 fully saturated rings. The molecule has 1 N–H and O–H groups in total. The van der Waals surface area contributed by atoms with Gasteiger partial charge in [0.1, 0.15) is 10.7 Å². The molecule has 1 aromatic carbocycles. The number of halogens is 1. The highest BCUT2D eigenvalue weighted by Gasteiger charge is 2.12. The molecule has 2 rings (SSSR count). The van der Waals surface area contributed by atoms with Crippen molar-refractivity contribution in [1.29, 1.82) is 0 Å². The first-order valence-electron chi connectivity index (χ1n) is 4.85. The van der Waals surface area contributed by atoms with Gasteiger partial charge in [0.15, 0.2) is 0 Å². The standard InChI is InChI=1S/C12H9FO2S2/c13-9-3-1-2-4-10(9)17-7-8-5-6-16-11(8)12(14)15/h1-6H,7H2,(H,14,15). The van der Waals surface area contributed by atoms with E-state index in [4.69, 9.17) is 5.11 Å². The number of thioether (sulfide) groups is 1. The highest BCUT2D eigenvalue weighted by atomic mass is 32.2. The zero-order valence-corrected chi connectivity index (χ0v) is 10.4. The average Bonchev–Trinajstić information content (AvgIpc) is 2.76. The van der Waals surface area contributed by atoms with E-state index in [1.54, 1.807) is 29.6 Å². The lowest BCUT2D eigenvalue weighted by atomic mass is 10.3. The molecule has 5 heteroatoms. The molecular weight excluding hydrogens is 259 g/mol. The number of rotatable bonds is 4. The molecule has 1 aromatic heterocycles. The first kappa shape index (κ1) is 12.1. The fourth-order valence-electron chi connectivity index (χ4n) is 1.35. The summed E-state index contributed by atoms with van der Waals surface area (Å²) in [5.74, 6) is -0.736. The average molecular weight is 268 g/mol. The summed E-state index contributed by atoms with van der Waals surface area (Å²) in [6, 6.07) is 8.24. The Morgan fingerprint density at radius 2 is 2.12 bits per heavy atom. The van der Waals surface area contributed by atoms with Gasteiger partial charge in [-0.3, -0.25) is 0 Å². The summed E-state index contributed by atoms with van der Waals surface area (Å²) in [7, 11) is 0. The molecule has 2 aromatic rings. The van der Waals surface area contributed by atoms with E-state index in [-0.39, 0.29) is 5.82 Å². The minimum absolute atomic E-state index is 0.274. The van der Waals surface area contributed by atoms with Crippen LogP contribution in [0.1, 0.15) is 15.2 Å². The number of aromatic carboxylic acids is 1. The fourth-order valence-corrected chi connectivity index (χ4v) is 3.14. The van der Waals surface area contributed by atoms with Gasteiger partial charge in [0.2, 0.25) is 0 Å². The Hall–Kier alpha value is -1.33. The summed E-state index contributed by atoms with van der Waals surface area (Å²) in [5, 5.41) is 10.7. The van der Waals surface area contributed by atoms with Crippen LogP contribution in [0.15, 0.2) is 40.6 Å². The van der Waals surface area contributed by atoms with Gasteiger partial charge in [-0.25, -0.2) is 9.18 Å². The van der Waals surface area contributed by atoms with Gasteiger partial charge in [0.25, 0.3) is 0 Å². The molecule has 0 amide bonds. The van der Waals surface area contributed by atoms with Gasteiger partial charge >= 0.3 is 5.97 Å². The Morgan fingerprint density at radius 1 is 1.35 bits per heavy atom. The third-order valence-corrected chi connectivity index (χ3v) is 4.20. The first-order valence-corrected chi connectivity index (χ1v) is 6.72. The molecule has 0 spiro atoms. The van der Waals surface area contributed by atoms with Crippen LogP contribution < -0.4 is 0 Å². The number of benzene rings is 1. The molecule has 0 aliphatic heterocycles. The van der Waals surface area contributed by atoms with E-state index in [9.17, 15) is 9.18 Å². The van der Waals surface area contributed by atoms with E-state index >= 15 is 0 Å². The van der Waals surface area contributed by atoms with Crippen LogP contribution in [0.2, 0.25) is 0 Å². The van der Waals surface area contributed by atoms with Crippen molar-refractivity contribution in [2.75, 3.05) is 0 Å². The minimum atomic E-state index is -0.927. The number of thiophene rings is 1. The smallest absolute Gasteiger partial charge is 0.346 e. The predicted octanol–water partition coefficient (Wildman–Crippen LogP) is 3.88. The molecule has 0 saturated carbocycles. The van der Waals surface area contributed by atoms with Crippen LogP contribution in [0.5, 0.6) is 0 Å². The molecule has 1 heterocycles. The van der Waals surface area contributed by atoms with Crippen LogP contribution >= 0.6 is 23.1 Å². The SMILES string of the molecule is O=C(O)c1sccc1CSc1ccccc1F. The highest BCUT2D eigenvalue weighted by Crippen LogP contribution is 2.28. The fraction of sp³-hybridized carbons (Fsp3) is 0.0833. The largest absolute Gasteiger partial charge is 0.477 e. The third-order valence-electron chi connectivity index (χ3n) is 2.16. The lowest BCUT2D eigenvalue weighted by Crippen LogP contribution is -1.96. The number of carbonyl (C=O) groups is 1. The van der Waals surface area contributed by atoms with E-state index in [2.05, 4.69) is 0 Å². The Morgan fingerprint density at radius 3 is 2.82 bits per heavy atom. The monoisotopic (exact) mass is 268 g/mol. The Labute approximate surface area is 106 Å². The molecule has 88 valence electrons. The van der Waals surface area contributed by atoms with Crippen molar-refractivity contribution in [1.82, 2.24) is 0 Å². The predicted molar refractivity (Wildman–Crippen MR) is 67.2 cm³/mol. The molecule has 0 aliphatic carbocycles. The normalized spacial score (nSPS) is 10.4. The molecule has 0 atom stereocenters. The maximum absolute atomic E-state index is 13.3. The lowest BCUT2D eigenvalue weighted by Gasteiger charge is -2.02. The molecule has 0 unspecified atom stereocenters. The summed E-state index contributed by atoms with van der Waals surface area (Å²) in [4.78, 5) is 11.8. The van der Waals surface area contributed by atoms with Crippen molar-refractivity contribution in [3.63, 3.8) is 0 Å². The molecular formula is C12H9FO2S2. The van der Waals surface area contributed by atoms with E-state index in [1.807, 2.05) is 0 Å². The van der Waals surface area contributed by atoms with Crippen LogP contribution in [-0.2, 0) is 5.75 Å². The maximum Gasteiger partial charge on any atom is 0.346 e. The van der Waals surface area contributed by atoms with Gasteiger partial charge in [0.05, 0.1) is 0 Å². The van der Waals surface area contributed by atoms with Crippen LogP contribution in [-0.4, -0.2) is 11.1 Å². The van der Waals surface area contributed by atoms with Gasteiger partial charge < -0.3 is 5.11 Å². The summed E-state index contributed by atoms with van der Waals surface area (Å²) in [6.07, 6.45) is 0. The van der Waals surface area contributed by atoms with Crippen molar-refractivity contribution >= 4 is 29.1 Å². The Bertz CT molecular complexity index is 537. The maximum atomic E-state index is 13.3. The molecule has 0 bridgehead atoms. The molecule has 0 saturated heterocycles. The van der Waals surface area contributed by atoms with Crippen LogP contribution in [0, 0.1) is 5.82 Å². The van der Waals surface area contributed by atoms with E-state index in [0.717, 1.165) is 5.56 Å². The van der Waals surface area contributed by atoms with Crippen molar-refractivity contribution < 1.29 is 14.3 Å². The summed E-state index contributed by atoms with van der Waals surface area (Å²) in [5.41, 5.74) is 0.732. The first-order chi connectivity index (χ1) is 8.18. The zero-order chi connectivity index (χ0) is 12.3. The summed E-state index contributed by atoms with van der Waals surface area (Å²) >= 11 is 2.50. The van der Waals surface area contributed by atoms with Crippen molar-refractivity contribution in [3.05, 3.63) is 52.0 Å². The number of carboxylic acids is 1. The summed E-state index contributed by atoms with van der Waals surface area (Å²) in [6.45, 7) is 0. The van der Waals surface area contributed by atoms with Crippen molar-refractivity contribution in [3.8, 4) is 0 Å². The second-order valence-electron chi connectivity index (χ2n) is 3.30. The quantitative estimate of drug-likeness (QED) is 0.855. The van der Waals surface area contributed by atoms with Crippen LogP contribution in [0.25, 0.3) is 0 Å². The number of carboxylic acid groups (broad SMARTS) is 1. The molecule has 0 aliphatic rings. The second kappa shape index (κ2) is 5.33. The molecule has 2 nitrogen and oxygen atoms in total. The summed E-state index contributed by atoms with van der Waals surface area (Å²) < 4.78 is 13.3. The van der Waals surface area contributed by atoms with E-state index in [0.29, 0.717) is 15.5 Å². The molecule has 0 radical (unpaired) electrons. The van der Waals surface area contributed by atoms with Gasteiger partial charge in [0, 0.05) is 10.6 Å². The topological polar surface area (TPSA) is 37.3 Å². The van der Waals surface area contributed by atoms with E-state index < -0.39 is 5.97 Å². The Balaban J connectivity index is 2.10. The molecule has 17 heavy (non-hydrogen) atoms. The highest BCUT2D eigenvalue weighted by molar-refractivity contribution is 7.98. The van der Waals surface area contributed by atoms with Gasteiger partial charge in [-0.15, -0.1) is 23.1 Å². The third kappa shape index (κ3) is 2.87. The number of hydrogen-bond acceptors (Lipinski definition) is 3. The van der Waals surface area contributed by atoms with Crippen molar-refractivity contribution in [2.24, 2.45) is 0 Å². The van der Waals surface area contributed by atoms with Crippen LogP contribution in [0.4, 0.5) is 4.39 Å². The second-order valence-corrected chi connectivity index (χ2v) is 5.23. The van der Waals surface area contributed by atoms with Gasteiger partial charge in [-0.2, -0.15) is 0 Å². The number of hydrogen-bond donors (Lipinski definition) is 1. The van der Waals surface area contributed by atoms with Gasteiger partial charge in [-0.05, 0) is 29.1 Å². The Kier molecular flexibility index (Phi) is 3.81. The van der Waals surface area contributed by atoms with E-state index in [1.165, 1.54) is 29.2 Å².